The van der Waals surface area contributed by atoms with E-state index in [0.717, 1.165) is 47.7 Å². The van der Waals surface area contributed by atoms with E-state index in [1.54, 1.807) is 0 Å². The van der Waals surface area contributed by atoms with E-state index in [2.05, 4.69) is 62.1 Å². The zero-order chi connectivity index (χ0) is 27.0. The molecule has 198 valence electrons. The van der Waals surface area contributed by atoms with E-state index in [-0.39, 0.29) is 18.4 Å². The molecule has 1 aliphatic rings. The molecule has 0 unspecified atom stereocenters. The average molecular weight is 507 g/mol. The largest absolute Gasteiger partial charge is 0.358 e. The molecule has 2 rings (SSSR count). The van der Waals surface area contributed by atoms with Gasteiger partial charge in [0.2, 0.25) is 5.91 Å². The van der Waals surface area contributed by atoms with E-state index in [9.17, 15) is 9.59 Å². The van der Waals surface area contributed by atoms with Crippen LogP contribution in [-0.2, 0) is 9.59 Å². The van der Waals surface area contributed by atoms with Crippen molar-refractivity contribution in [3.8, 4) is 0 Å². The predicted octanol–water partition coefficient (Wildman–Crippen LogP) is 5.77. The first-order valence-electron chi connectivity index (χ1n) is 12.7. The highest BCUT2D eigenvalue weighted by atomic mass is 35.5. The zero-order valence-corrected chi connectivity index (χ0v) is 24.1. The molecule has 6 nitrogen and oxygen atoms in total. The minimum absolute atomic E-state index is 0.0756. The maximum absolute atomic E-state index is 12.7. The molecule has 0 atom stereocenters. The summed E-state index contributed by atoms with van der Waals surface area (Å²) in [6.07, 6.45) is 4.03. The van der Waals surface area contributed by atoms with Gasteiger partial charge < -0.3 is 15.5 Å². The van der Waals surface area contributed by atoms with Gasteiger partial charge in [-0.15, -0.1) is 0 Å². The molecule has 2 amide bonds. The first kappa shape index (κ1) is 32.8. The number of carbonyl (C=O) groups is 2. The Morgan fingerprint density at radius 2 is 1.77 bits per heavy atom. The number of aliphatic imine (C=N–C) groups is 1. The summed E-state index contributed by atoms with van der Waals surface area (Å²) in [5.74, 6) is 0.251. The van der Waals surface area contributed by atoms with Crippen molar-refractivity contribution in [2.24, 2.45) is 10.9 Å². The smallest absolute Gasteiger partial charge is 0.270 e. The monoisotopic (exact) mass is 506 g/mol. The SMILES string of the molecule is CC(C)C.CCC.CCCCN(C)CC1=C(C(=O)NCC(=O)NC)N=C(c2cc(C)ccc2Cl)C1. The van der Waals surface area contributed by atoms with Crippen LogP contribution in [0.1, 0.15) is 78.4 Å². The third-order valence-corrected chi connectivity index (χ3v) is 4.98. The summed E-state index contributed by atoms with van der Waals surface area (Å²) in [7, 11) is 3.58. The van der Waals surface area contributed by atoms with Gasteiger partial charge >= 0.3 is 0 Å². The fourth-order valence-electron chi connectivity index (χ4n) is 3.06. The number of carbonyl (C=O) groups excluding carboxylic acids is 2. The van der Waals surface area contributed by atoms with Gasteiger partial charge in [0.25, 0.3) is 5.91 Å². The molecular formula is C28H47ClN4O2. The Morgan fingerprint density at radius 1 is 1.17 bits per heavy atom. The van der Waals surface area contributed by atoms with Crippen LogP contribution < -0.4 is 10.6 Å². The molecule has 0 radical (unpaired) electrons. The summed E-state index contributed by atoms with van der Waals surface area (Å²) >= 11 is 6.38. The average Bonchev–Trinajstić information content (AvgIpc) is 3.21. The standard InChI is InChI=1S/C21H29ClN4O2.C4H10.C3H8/c1-5-6-9-26(4)13-15-11-18(16-10-14(2)7-8-17(16)22)25-20(15)21(28)24-12-19(27)23-3;1-4(2)3;1-3-2/h7-8,10H,5-6,9,11-13H2,1-4H3,(H,23,27)(H,24,28);4H,1-3H3;3H2,1-2H3. The molecule has 0 saturated carbocycles. The molecule has 1 aromatic carbocycles. The molecule has 1 aromatic rings. The molecule has 1 heterocycles. The maximum Gasteiger partial charge on any atom is 0.270 e. The lowest BCUT2D eigenvalue weighted by Crippen LogP contribution is -2.36. The van der Waals surface area contributed by atoms with Crippen LogP contribution in [0.15, 0.2) is 34.5 Å². The van der Waals surface area contributed by atoms with Gasteiger partial charge in [-0.05, 0) is 50.6 Å². The predicted molar refractivity (Wildman–Crippen MR) is 150 cm³/mol. The van der Waals surface area contributed by atoms with Crippen molar-refractivity contribution in [3.63, 3.8) is 0 Å². The Kier molecular flexibility index (Phi) is 17.0. The van der Waals surface area contributed by atoms with E-state index in [1.807, 2.05) is 32.2 Å². The maximum atomic E-state index is 12.7. The molecule has 35 heavy (non-hydrogen) atoms. The third kappa shape index (κ3) is 13.5. The van der Waals surface area contributed by atoms with E-state index >= 15 is 0 Å². The van der Waals surface area contributed by atoms with Crippen molar-refractivity contribution in [1.29, 1.82) is 0 Å². The number of hydrogen-bond donors (Lipinski definition) is 2. The molecule has 0 aliphatic carbocycles. The molecule has 2 N–H and O–H groups in total. The first-order chi connectivity index (χ1) is 16.5. The van der Waals surface area contributed by atoms with Gasteiger partial charge in [0, 0.05) is 30.6 Å². The minimum Gasteiger partial charge on any atom is -0.358 e. The Labute approximate surface area is 218 Å². The van der Waals surface area contributed by atoms with Gasteiger partial charge in [-0.1, -0.05) is 77.6 Å². The number of halogens is 1. The number of hydrogen-bond acceptors (Lipinski definition) is 4. The van der Waals surface area contributed by atoms with Crippen molar-refractivity contribution in [1.82, 2.24) is 15.5 Å². The fourth-order valence-corrected chi connectivity index (χ4v) is 3.29. The second-order valence-corrected chi connectivity index (χ2v) is 9.96. The van der Waals surface area contributed by atoms with E-state index in [1.165, 1.54) is 13.5 Å². The van der Waals surface area contributed by atoms with Gasteiger partial charge in [-0.3, -0.25) is 9.59 Å². The lowest BCUT2D eigenvalue weighted by atomic mass is 10.0. The number of aryl methyl sites for hydroxylation is 1. The molecule has 0 bridgehead atoms. The number of nitrogens with one attached hydrogen (secondary N) is 2. The van der Waals surface area contributed by atoms with Gasteiger partial charge in [0.15, 0.2) is 0 Å². The Morgan fingerprint density at radius 3 is 2.31 bits per heavy atom. The summed E-state index contributed by atoms with van der Waals surface area (Å²) in [5, 5.41) is 5.77. The summed E-state index contributed by atoms with van der Waals surface area (Å²) in [6, 6.07) is 5.79. The molecule has 0 saturated heterocycles. The zero-order valence-electron chi connectivity index (χ0n) is 23.3. The van der Waals surface area contributed by atoms with Gasteiger partial charge in [0.1, 0.15) is 5.70 Å². The highest BCUT2D eigenvalue weighted by Crippen LogP contribution is 2.28. The lowest BCUT2D eigenvalue weighted by Gasteiger charge is -2.18. The van der Waals surface area contributed by atoms with Crippen molar-refractivity contribution < 1.29 is 9.59 Å². The number of unbranched alkanes of at least 4 members (excludes halogenated alkanes) is 1. The van der Waals surface area contributed by atoms with Crippen molar-refractivity contribution in [2.75, 3.05) is 33.7 Å². The second kappa shape index (κ2) is 18.1. The summed E-state index contributed by atoms with van der Waals surface area (Å²) in [4.78, 5) is 31.0. The Bertz CT molecular complexity index is 860. The fraction of sp³-hybridized carbons (Fsp3) is 0.607. The molecular weight excluding hydrogens is 460 g/mol. The first-order valence-corrected chi connectivity index (χ1v) is 13.1. The van der Waals surface area contributed by atoms with Crippen LogP contribution in [0.2, 0.25) is 5.02 Å². The quantitative estimate of drug-likeness (QED) is 0.446. The molecule has 1 aliphatic heterocycles. The van der Waals surface area contributed by atoms with Gasteiger partial charge in [0.05, 0.1) is 12.3 Å². The van der Waals surface area contributed by atoms with Crippen LogP contribution in [0.5, 0.6) is 0 Å². The summed E-state index contributed by atoms with van der Waals surface area (Å²) in [5.41, 5.74) is 4.06. The van der Waals surface area contributed by atoms with Crippen LogP contribution in [0.25, 0.3) is 0 Å². The molecule has 0 fully saturated rings. The summed E-state index contributed by atoms with van der Waals surface area (Å²) in [6.45, 7) is 16.4. The van der Waals surface area contributed by atoms with Crippen LogP contribution in [-0.4, -0.2) is 56.2 Å². The normalized spacial score (nSPS) is 12.5. The number of amides is 2. The second-order valence-electron chi connectivity index (χ2n) is 9.56. The molecule has 0 spiro atoms. The van der Waals surface area contributed by atoms with Crippen LogP contribution in [0, 0.1) is 12.8 Å². The van der Waals surface area contributed by atoms with E-state index < -0.39 is 0 Å². The van der Waals surface area contributed by atoms with Gasteiger partial charge in [-0.25, -0.2) is 4.99 Å². The minimum atomic E-state index is -0.332. The van der Waals surface area contributed by atoms with Crippen LogP contribution in [0.4, 0.5) is 0 Å². The van der Waals surface area contributed by atoms with Crippen LogP contribution in [0.3, 0.4) is 0 Å². The van der Waals surface area contributed by atoms with Crippen molar-refractivity contribution in [3.05, 3.63) is 45.6 Å². The number of benzene rings is 1. The van der Waals surface area contributed by atoms with Crippen molar-refractivity contribution >= 4 is 29.1 Å². The number of likely N-dealkylation sites (N-methyl/N-ethyl adjacent to an activating group) is 2. The van der Waals surface area contributed by atoms with E-state index in [4.69, 9.17) is 11.6 Å². The Hall–Kier alpha value is -2.18. The molecule has 0 aromatic heterocycles. The lowest BCUT2D eigenvalue weighted by molar-refractivity contribution is -0.124. The molecule has 7 heteroatoms. The van der Waals surface area contributed by atoms with E-state index in [0.29, 0.717) is 23.7 Å². The topological polar surface area (TPSA) is 73.8 Å². The highest BCUT2D eigenvalue weighted by Gasteiger charge is 2.26. The third-order valence-electron chi connectivity index (χ3n) is 4.65. The highest BCUT2D eigenvalue weighted by molar-refractivity contribution is 6.34. The van der Waals surface area contributed by atoms with Crippen molar-refractivity contribution in [2.45, 2.75) is 74.1 Å². The Balaban J connectivity index is 0.00000146. The summed E-state index contributed by atoms with van der Waals surface area (Å²) < 4.78 is 0. The number of rotatable bonds is 9. The van der Waals surface area contributed by atoms with Crippen LogP contribution >= 0.6 is 11.6 Å². The van der Waals surface area contributed by atoms with Gasteiger partial charge in [-0.2, -0.15) is 0 Å². The number of nitrogens with zero attached hydrogens (tertiary/aromatic N) is 2.